The van der Waals surface area contributed by atoms with E-state index in [2.05, 4.69) is 31.4 Å². The number of nitrogens with zero attached hydrogens (tertiary/aromatic N) is 2. The zero-order chi connectivity index (χ0) is 24.8. The number of aromatic nitrogens is 2. The van der Waals surface area contributed by atoms with Gasteiger partial charge in [0.1, 0.15) is 23.3 Å². The number of urea groups is 1. The van der Waals surface area contributed by atoms with Crippen LogP contribution in [-0.4, -0.2) is 53.4 Å². The second-order valence-corrected chi connectivity index (χ2v) is 10.4. The van der Waals surface area contributed by atoms with Crippen LogP contribution in [0, 0.1) is 0 Å². The van der Waals surface area contributed by atoms with Crippen LogP contribution in [0.4, 0.5) is 10.6 Å². The first-order valence-corrected chi connectivity index (χ1v) is 12.5. The van der Waals surface area contributed by atoms with Crippen molar-refractivity contribution in [1.29, 1.82) is 0 Å². The Balaban J connectivity index is 1.18. The fourth-order valence-corrected chi connectivity index (χ4v) is 4.36. The number of hydrogen-bond acceptors (Lipinski definition) is 7. The molecule has 2 aliphatic rings. The highest BCUT2D eigenvalue weighted by molar-refractivity contribution is 5.92. The van der Waals surface area contributed by atoms with Crippen molar-refractivity contribution in [2.45, 2.75) is 82.9 Å². The highest BCUT2D eigenvalue weighted by Crippen LogP contribution is 2.25. The molecule has 1 saturated heterocycles. The molecule has 4 N–H and O–H groups in total. The van der Waals surface area contributed by atoms with Crippen molar-refractivity contribution in [3.8, 4) is 5.75 Å². The van der Waals surface area contributed by atoms with Gasteiger partial charge in [0, 0.05) is 23.6 Å². The number of nitrogens with one attached hydrogen (secondary N) is 4. The van der Waals surface area contributed by atoms with Gasteiger partial charge in [0.25, 0.3) is 5.91 Å². The maximum absolute atomic E-state index is 12.6. The van der Waals surface area contributed by atoms with Gasteiger partial charge in [0.05, 0.1) is 6.20 Å². The molecule has 10 nitrogen and oxygen atoms in total. The van der Waals surface area contributed by atoms with E-state index >= 15 is 0 Å². The molecule has 4 rings (SSSR count). The zero-order valence-electron chi connectivity index (χ0n) is 20.7. The van der Waals surface area contributed by atoms with Crippen LogP contribution in [0.15, 0.2) is 28.9 Å². The normalized spacial score (nSPS) is 21.2. The number of piperidine rings is 1. The van der Waals surface area contributed by atoms with E-state index in [0.717, 1.165) is 51.6 Å². The predicted molar refractivity (Wildman–Crippen MR) is 132 cm³/mol. The molecule has 0 spiro atoms. The third-order valence-electron chi connectivity index (χ3n) is 6.45. The lowest BCUT2D eigenvalue weighted by molar-refractivity contribution is 0.0919. The lowest BCUT2D eigenvalue weighted by Gasteiger charge is -2.29. The van der Waals surface area contributed by atoms with E-state index in [1.807, 2.05) is 26.8 Å². The molecule has 0 unspecified atom stereocenters. The van der Waals surface area contributed by atoms with E-state index in [4.69, 9.17) is 9.26 Å². The van der Waals surface area contributed by atoms with Crippen LogP contribution in [-0.2, 0) is 5.41 Å². The van der Waals surface area contributed by atoms with Gasteiger partial charge in [-0.3, -0.25) is 10.1 Å². The summed E-state index contributed by atoms with van der Waals surface area (Å²) in [6.45, 7) is 7.97. The lowest BCUT2D eigenvalue weighted by atomic mass is 9.91. The van der Waals surface area contributed by atoms with E-state index in [-0.39, 0.29) is 35.5 Å². The monoisotopic (exact) mass is 484 g/mol. The molecular weight excluding hydrogens is 448 g/mol. The fraction of sp³-hybridized carbons (Fsp3) is 0.600. The number of carbonyl (C=O) groups excluding carboxylic acids is 2. The molecule has 10 heteroatoms. The zero-order valence-corrected chi connectivity index (χ0v) is 20.7. The van der Waals surface area contributed by atoms with Gasteiger partial charge in [-0.25, -0.2) is 9.78 Å². The van der Waals surface area contributed by atoms with Crippen LogP contribution in [0.2, 0.25) is 0 Å². The molecule has 35 heavy (non-hydrogen) atoms. The summed E-state index contributed by atoms with van der Waals surface area (Å²) in [5.74, 6) is 1.61. The van der Waals surface area contributed by atoms with Gasteiger partial charge in [0.2, 0.25) is 0 Å². The summed E-state index contributed by atoms with van der Waals surface area (Å²) in [4.78, 5) is 29.3. The fourth-order valence-electron chi connectivity index (χ4n) is 4.36. The van der Waals surface area contributed by atoms with E-state index in [1.54, 1.807) is 18.3 Å². The summed E-state index contributed by atoms with van der Waals surface area (Å²) in [5, 5.41) is 16.0. The van der Waals surface area contributed by atoms with Gasteiger partial charge in [-0.05, 0) is 63.7 Å². The lowest BCUT2D eigenvalue weighted by Crippen LogP contribution is -2.45. The summed E-state index contributed by atoms with van der Waals surface area (Å²) >= 11 is 0. The minimum atomic E-state index is -0.303. The van der Waals surface area contributed by atoms with Crippen LogP contribution in [0.1, 0.15) is 75.5 Å². The Kier molecular flexibility index (Phi) is 7.90. The van der Waals surface area contributed by atoms with Crippen molar-refractivity contribution in [2.24, 2.45) is 0 Å². The summed E-state index contributed by atoms with van der Waals surface area (Å²) in [5.41, 5.74) is 0.203. The minimum absolute atomic E-state index is 0.0432. The SMILES string of the molecule is CC(C)(C)c1cc(NC(=O)NC2CCC(NC(=O)c3ccc(OC4CCNCC4)cn3)CC2)no1. The van der Waals surface area contributed by atoms with Crippen molar-refractivity contribution >= 4 is 17.8 Å². The molecular formula is C25H36N6O4. The van der Waals surface area contributed by atoms with Crippen LogP contribution in [0.5, 0.6) is 5.75 Å². The number of carbonyl (C=O) groups is 2. The van der Waals surface area contributed by atoms with E-state index in [1.165, 1.54) is 0 Å². The van der Waals surface area contributed by atoms with E-state index < -0.39 is 0 Å². The van der Waals surface area contributed by atoms with E-state index in [0.29, 0.717) is 23.0 Å². The molecule has 1 aliphatic heterocycles. The summed E-state index contributed by atoms with van der Waals surface area (Å²) in [7, 11) is 0. The first-order chi connectivity index (χ1) is 16.8. The average Bonchev–Trinajstić information content (AvgIpc) is 3.30. The third-order valence-corrected chi connectivity index (χ3v) is 6.45. The van der Waals surface area contributed by atoms with Crippen molar-refractivity contribution in [3.63, 3.8) is 0 Å². The topological polar surface area (TPSA) is 130 Å². The Hall–Kier alpha value is -3.14. The largest absolute Gasteiger partial charge is 0.489 e. The standard InChI is InChI=1S/C25H36N6O4/c1-25(2,3)21-14-22(31-35-21)30-24(33)29-17-6-4-16(5-7-17)28-23(32)20-9-8-19(15-27-20)34-18-10-12-26-13-11-18/h8-9,14-18,26H,4-7,10-13H2,1-3H3,(H,28,32)(H2,29,30,31,33). The maximum atomic E-state index is 12.6. The number of ether oxygens (including phenoxy) is 1. The first-order valence-electron chi connectivity index (χ1n) is 12.5. The Bertz CT molecular complexity index is 986. The molecule has 0 aromatic carbocycles. The summed E-state index contributed by atoms with van der Waals surface area (Å²) in [6.07, 6.45) is 6.88. The highest BCUT2D eigenvalue weighted by atomic mass is 16.5. The number of rotatable bonds is 6. The Morgan fingerprint density at radius 2 is 1.71 bits per heavy atom. The second-order valence-electron chi connectivity index (χ2n) is 10.4. The van der Waals surface area contributed by atoms with E-state index in [9.17, 15) is 9.59 Å². The van der Waals surface area contributed by atoms with Crippen molar-refractivity contribution in [2.75, 3.05) is 18.4 Å². The molecule has 2 fully saturated rings. The average molecular weight is 485 g/mol. The number of hydrogen-bond donors (Lipinski definition) is 4. The number of anilines is 1. The quantitative estimate of drug-likeness (QED) is 0.494. The molecule has 2 aromatic rings. The Morgan fingerprint density at radius 1 is 1.03 bits per heavy atom. The highest BCUT2D eigenvalue weighted by Gasteiger charge is 2.25. The Labute approximate surface area is 206 Å². The van der Waals surface area contributed by atoms with Gasteiger partial charge < -0.3 is 25.2 Å². The molecule has 2 aromatic heterocycles. The van der Waals surface area contributed by atoms with Gasteiger partial charge in [-0.2, -0.15) is 0 Å². The Morgan fingerprint density at radius 3 is 2.31 bits per heavy atom. The smallest absolute Gasteiger partial charge is 0.320 e. The number of amides is 3. The first kappa shape index (κ1) is 25.0. The van der Waals surface area contributed by atoms with Gasteiger partial charge in [-0.15, -0.1) is 0 Å². The second kappa shape index (κ2) is 11.1. The summed E-state index contributed by atoms with van der Waals surface area (Å²) in [6, 6.07) is 5.05. The molecule has 0 radical (unpaired) electrons. The third kappa shape index (κ3) is 7.17. The minimum Gasteiger partial charge on any atom is -0.489 e. The van der Waals surface area contributed by atoms with Crippen LogP contribution >= 0.6 is 0 Å². The van der Waals surface area contributed by atoms with Crippen LogP contribution in [0.25, 0.3) is 0 Å². The number of pyridine rings is 1. The predicted octanol–water partition coefficient (Wildman–Crippen LogP) is 3.36. The van der Waals surface area contributed by atoms with Gasteiger partial charge >= 0.3 is 6.03 Å². The van der Waals surface area contributed by atoms with Gasteiger partial charge in [-0.1, -0.05) is 25.9 Å². The molecule has 1 saturated carbocycles. The van der Waals surface area contributed by atoms with Crippen LogP contribution in [0.3, 0.4) is 0 Å². The molecule has 3 heterocycles. The van der Waals surface area contributed by atoms with Crippen molar-refractivity contribution < 1.29 is 18.8 Å². The van der Waals surface area contributed by atoms with Crippen molar-refractivity contribution in [1.82, 2.24) is 26.1 Å². The molecule has 190 valence electrons. The molecule has 3 amide bonds. The van der Waals surface area contributed by atoms with Gasteiger partial charge in [0.15, 0.2) is 5.82 Å². The van der Waals surface area contributed by atoms with Crippen LogP contribution < -0.4 is 26.0 Å². The maximum Gasteiger partial charge on any atom is 0.320 e. The molecule has 0 bridgehead atoms. The van der Waals surface area contributed by atoms with Crippen molar-refractivity contribution in [3.05, 3.63) is 35.9 Å². The molecule has 1 aliphatic carbocycles. The molecule has 0 atom stereocenters. The summed E-state index contributed by atoms with van der Waals surface area (Å²) < 4.78 is 11.3.